The van der Waals surface area contributed by atoms with Crippen LogP contribution >= 0.6 is 0 Å². The van der Waals surface area contributed by atoms with E-state index in [1.54, 1.807) is 55.4 Å². The van der Waals surface area contributed by atoms with E-state index in [-0.39, 0.29) is 27.8 Å². The van der Waals surface area contributed by atoms with E-state index in [0.29, 0.717) is 0 Å². The molecule has 0 bridgehead atoms. The molecule has 1 rings (SSSR count). The predicted octanol–water partition coefficient (Wildman–Crippen LogP) is 7.44. The van der Waals surface area contributed by atoms with E-state index in [4.69, 9.17) is 18.9 Å². The van der Waals surface area contributed by atoms with Gasteiger partial charge in [-0.2, -0.15) is 0 Å². The number of alkyl halides is 4. The number of benzene rings is 1. The smallest absolute Gasteiger partial charge is 0.226 e. The van der Waals surface area contributed by atoms with Crippen molar-refractivity contribution in [1.29, 1.82) is 0 Å². The number of hydrogen-bond donors (Lipinski definition) is 0. The fourth-order valence-electron chi connectivity index (χ4n) is 2.97. The summed E-state index contributed by atoms with van der Waals surface area (Å²) in [6.45, 7) is 16.5. The summed E-state index contributed by atoms with van der Waals surface area (Å²) in [5.41, 5.74) is -1.65. The average Bonchev–Trinajstić information content (AvgIpc) is 2.57. The Morgan fingerprint density at radius 3 is 1.06 bits per heavy atom. The Morgan fingerprint density at radius 1 is 0.548 bits per heavy atom. The molecule has 0 spiro atoms. The lowest BCUT2D eigenvalue weighted by atomic mass is 9.91. The van der Waals surface area contributed by atoms with Crippen LogP contribution in [0.2, 0.25) is 0 Å². The van der Waals surface area contributed by atoms with Gasteiger partial charge in [0.1, 0.15) is 0 Å². The molecule has 4 atom stereocenters. The van der Waals surface area contributed by atoms with Gasteiger partial charge in [0.15, 0.2) is 0 Å². The van der Waals surface area contributed by atoms with Crippen LogP contribution in [0.5, 0.6) is 0 Å². The molecule has 4 nitrogen and oxygen atoms in total. The molecule has 1 aromatic rings. The van der Waals surface area contributed by atoms with Crippen LogP contribution in [-0.2, 0) is 18.9 Å². The third kappa shape index (κ3) is 8.00. The van der Waals surface area contributed by atoms with Gasteiger partial charge in [-0.25, -0.2) is 17.6 Å². The van der Waals surface area contributed by atoms with Gasteiger partial charge in [-0.1, -0.05) is 0 Å². The molecule has 0 aliphatic heterocycles. The van der Waals surface area contributed by atoms with E-state index in [1.807, 2.05) is 0 Å². The first-order valence-corrected chi connectivity index (χ1v) is 10.5. The minimum absolute atomic E-state index is 0.265. The molecule has 0 heterocycles. The van der Waals surface area contributed by atoms with E-state index in [1.165, 1.54) is 0 Å². The van der Waals surface area contributed by atoms with Crippen molar-refractivity contribution in [3.05, 3.63) is 40.8 Å². The zero-order valence-electron chi connectivity index (χ0n) is 19.5. The van der Waals surface area contributed by atoms with E-state index < -0.39 is 49.8 Å². The Bertz CT molecular complexity index is 640. The SMILES string of the molecule is [CH2]c1c(C(F)OC(C)C)c(C(F)OC(C)C)cc(C(F)OC(C)C)c1C(F)OC(C)C. The number of hydrogen-bond acceptors (Lipinski definition) is 4. The Hall–Kier alpha value is -1.22. The molecule has 31 heavy (non-hydrogen) atoms. The Morgan fingerprint density at radius 2 is 0.806 bits per heavy atom. The van der Waals surface area contributed by atoms with E-state index in [0.717, 1.165) is 6.07 Å². The van der Waals surface area contributed by atoms with E-state index in [9.17, 15) is 0 Å². The molecule has 1 radical (unpaired) electrons. The second-order valence-electron chi connectivity index (χ2n) is 8.36. The summed E-state index contributed by atoms with van der Waals surface area (Å²) >= 11 is 0. The van der Waals surface area contributed by atoms with Gasteiger partial charge < -0.3 is 18.9 Å². The first-order valence-electron chi connectivity index (χ1n) is 10.5. The highest BCUT2D eigenvalue weighted by Crippen LogP contribution is 2.43. The highest BCUT2D eigenvalue weighted by Gasteiger charge is 2.34. The average molecular weight is 452 g/mol. The lowest BCUT2D eigenvalue weighted by Crippen LogP contribution is -2.20. The van der Waals surface area contributed by atoms with Crippen LogP contribution in [-0.4, -0.2) is 24.4 Å². The highest BCUT2D eigenvalue weighted by atomic mass is 19.2. The number of ether oxygens (including phenoxy) is 4. The lowest BCUT2D eigenvalue weighted by Gasteiger charge is -2.28. The lowest BCUT2D eigenvalue weighted by molar-refractivity contribution is -0.0972. The Labute approximate surface area is 183 Å². The van der Waals surface area contributed by atoms with Crippen LogP contribution in [0.4, 0.5) is 17.6 Å². The van der Waals surface area contributed by atoms with Crippen LogP contribution in [0.15, 0.2) is 6.07 Å². The normalized spacial score (nSPS) is 16.4. The van der Waals surface area contributed by atoms with E-state index in [2.05, 4.69) is 6.92 Å². The summed E-state index contributed by atoms with van der Waals surface area (Å²) in [5, 5.41) is 0. The molecule has 4 unspecified atom stereocenters. The highest BCUT2D eigenvalue weighted by molar-refractivity contribution is 5.50. The largest absolute Gasteiger partial charge is 0.342 e. The summed E-state index contributed by atoms with van der Waals surface area (Å²) in [6, 6.07) is 1.01. The minimum Gasteiger partial charge on any atom is -0.342 e. The van der Waals surface area contributed by atoms with Crippen molar-refractivity contribution in [2.24, 2.45) is 0 Å². The van der Waals surface area contributed by atoms with Gasteiger partial charge in [0.25, 0.3) is 0 Å². The van der Waals surface area contributed by atoms with Crippen LogP contribution in [0.1, 0.15) is 109 Å². The van der Waals surface area contributed by atoms with Crippen LogP contribution in [0, 0.1) is 6.92 Å². The maximum atomic E-state index is 15.1. The van der Waals surface area contributed by atoms with Crippen molar-refractivity contribution in [1.82, 2.24) is 0 Å². The molecule has 8 heteroatoms. The van der Waals surface area contributed by atoms with Gasteiger partial charge in [0.2, 0.25) is 25.4 Å². The molecule has 0 aromatic heterocycles. The monoisotopic (exact) mass is 451 g/mol. The number of rotatable bonds is 12. The second-order valence-corrected chi connectivity index (χ2v) is 8.36. The molecule has 0 fully saturated rings. The van der Waals surface area contributed by atoms with Crippen molar-refractivity contribution in [3.8, 4) is 0 Å². The van der Waals surface area contributed by atoms with Crippen LogP contribution in [0.3, 0.4) is 0 Å². The Balaban J connectivity index is 3.79. The fourth-order valence-corrected chi connectivity index (χ4v) is 2.97. The molecule has 0 amide bonds. The topological polar surface area (TPSA) is 36.9 Å². The molecule has 0 N–H and O–H groups in total. The zero-order chi connectivity index (χ0) is 24.0. The summed E-state index contributed by atoms with van der Waals surface area (Å²) in [5.74, 6) is 0. The van der Waals surface area contributed by atoms with Gasteiger partial charge in [0, 0.05) is 22.3 Å². The molecular weight excluding hydrogens is 416 g/mol. The molecule has 0 aliphatic carbocycles. The third-order valence-electron chi connectivity index (χ3n) is 4.09. The maximum Gasteiger partial charge on any atom is 0.226 e. The maximum absolute atomic E-state index is 15.1. The molecule has 0 aliphatic rings. The first-order chi connectivity index (χ1) is 14.3. The van der Waals surface area contributed by atoms with Gasteiger partial charge in [-0.15, -0.1) is 0 Å². The summed E-state index contributed by atoms with van der Waals surface area (Å²) < 4.78 is 80.9. The van der Waals surface area contributed by atoms with Crippen molar-refractivity contribution < 1.29 is 36.5 Å². The predicted molar refractivity (Wildman–Crippen MR) is 111 cm³/mol. The first kappa shape index (κ1) is 27.8. The fraction of sp³-hybridized carbons (Fsp3) is 0.696. The molecule has 1 aromatic carbocycles. The van der Waals surface area contributed by atoms with Gasteiger partial charge in [-0.05, 0) is 73.9 Å². The van der Waals surface area contributed by atoms with Gasteiger partial charge in [-0.3, -0.25) is 0 Å². The Kier molecular flexibility index (Phi) is 10.9. The second kappa shape index (κ2) is 12.1. The van der Waals surface area contributed by atoms with Crippen molar-refractivity contribution in [2.45, 2.75) is 105 Å². The molecule has 0 saturated heterocycles. The van der Waals surface area contributed by atoms with Crippen LogP contribution < -0.4 is 0 Å². The summed E-state index contributed by atoms with van der Waals surface area (Å²) in [6.07, 6.45) is -10.7. The summed E-state index contributed by atoms with van der Waals surface area (Å²) in [4.78, 5) is 0. The quantitative estimate of drug-likeness (QED) is 0.310. The third-order valence-corrected chi connectivity index (χ3v) is 4.09. The van der Waals surface area contributed by atoms with Crippen LogP contribution in [0.25, 0.3) is 0 Å². The van der Waals surface area contributed by atoms with Gasteiger partial charge >= 0.3 is 0 Å². The van der Waals surface area contributed by atoms with Gasteiger partial charge in [0.05, 0.1) is 24.4 Å². The molecular formula is C23H35F4O4. The minimum atomic E-state index is -2.14. The number of halogens is 4. The van der Waals surface area contributed by atoms with Crippen molar-refractivity contribution >= 4 is 0 Å². The molecule has 179 valence electrons. The van der Waals surface area contributed by atoms with Crippen molar-refractivity contribution in [3.63, 3.8) is 0 Å². The standard InChI is InChI=1S/C23H35F4O4/c1-11(2)28-20(24)16-10-17(21(25)29-12(3)4)19(23(27)31-14(7)8)15(9)18(16)22(26)30-13(5)6/h10-14,20-23H,9H2,1-8H3. The van der Waals surface area contributed by atoms with Crippen molar-refractivity contribution in [2.75, 3.05) is 0 Å². The zero-order valence-corrected chi connectivity index (χ0v) is 19.5. The van der Waals surface area contributed by atoms with E-state index >= 15 is 17.6 Å². The molecule has 0 saturated carbocycles. The summed E-state index contributed by atoms with van der Waals surface area (Å²) in [7, 11) is 0.